The Labute approximate surface area is 126 Å². The summed E-state index contributed by atoms with van der Waals surface area (Å²) in [6, 6.07) is 5.98. The minimum Gasteiger partial charge on any atom is -0.493 e. The summed E-state index contributed by atoms with van der Waals surface area (Å²) in [5, 5.41) is 6.12. The minimum absolute atomic E-state index is 0. The van der Waals surface area contributed by atoms with Crippen LogP contribution in [-0.4, -0.2) is 32.1 Å². The van der Waals surface area contributed by atoms with Crippen LogP contribution in [0.2, 0.25) is 0 Å². The zero-order chi connectivity index (χ0) is 13.7. The largest absolute Gasteiger partial charge is 0.493 e. The van der Waals surface area contributed by atoms with Crippen molar-refractivity contribution in [1.82, 2.24) is 10.6 Å². The maximum absolute atomic E-state index is 11.6. The predicted octanol–water partition coefficient (Wildman–Crippen LogP) is 1.83. The zero-order valence-corrected chi connectivity index (χ0v) is 12.9. The molecule has 1 aliphatic heterocycles. The Hall–Kier alpha value is -1.26. The van der Waals surface area contributed by atoms with E-state index in [1.54, 1.807) is 0 Å². The van der Waals surface area contributed by atoms with E-state index in [0.717, 1.165) is 30.9 Å². The van der Waals surface area contributed by atoms with Crippen molar-refractivity contribution in [2.45, 2.75) is 20.3 Å². The highest BCUT2D eigenvalue weighted by Crippen LogP contribution is 2.20. The molecular formula is C15H23ClN2O2. The van der Waals surface area contributed by atoms with Crippen LogP contribution in [0.25, 0.3) is 0 Å². The van der Waals surface area contributed by atoms with Crippen LogP contribution in [-0.2, 0) is 4.79 Å². The summed E-state index contributed by atoms with van der Waals surface area (Å²) in [5.74, 6) is 1.54. The molecule has 1 fully saturated rings. The minimum atomic E-state index is 0. The summed E-state index contributed by atoms with van der Waals surface area (Å²) in [6.07, 6.45) is 0.410. The molecule has 2 rings (SSSR count). The SMILES string of the molecule is Cc1cccc(OCCC(=O)NCC2CNC2)c1C.Cl. The van der Waals surface area contributed by atoms with Crippen molar-refractivity contribution in [1.29, 1.82) is 0 Å². The van der Waals surface area contributed by atoms with Crippen molar-refractivity contribution in [2.75, 3.05) is 26.2 Å². The Balaban J connectivity index is 0.00000200. The van der Waals surface area contributed by atoms with Crippen LogP contribution in [0.15, 0.2) is 18.2 Å². The quantitative estimate of drug-likeness (QED) is 0.842. The molecule has 0 unspecified atom stereocenters. The van der Waals surface area contributed by atoms with E-state index in [-0.39, 0.29) is 18.3 Å². The molecule has 0 saturated carbocycles. The lowest BCUT2D eigenvalue weighted by Crippen LogP contribution is -2.48. The highest BCUT2D eigenvalue weighted by molar-refractivity contribution is 5.85. The van der Waals surface area contributed by atoms with E-state index in [2.05, 4.69) is 23.6 Å². The van der Waals surface area contributed by atoms with E-state index < -0.39 is 0 Å². The van der Waals surface area contributed by atoms with Crippen molar-refractivity contribution in [2.24, 2.45) is 5.92 Å². The number of hydrogen-bond acceptors (Lipinski definition) is 3. The molecule has 0 spiro atoms. The van der Waals surface area contributed by atoms with E-state index in [4.69, 9.17) is 4.74 Å². The molecule has 0 bridgehead atoms. The summed E-state index contributed by atoms with van der Waals surface area (Å²) >= 11 is 0. The Kier molecular flexibility index (Phi) is 6.82. The molecule has 2 N–H and O–H groups in total. The number of rotatable bonds is 6. The summed E-state index contributed by atoms with van der Waals surface area (Å²) in [6.45, 7) is 7.32. The third-order valence-electron chi connectivity index (χ3n) is 3.60. The molecule has 0 aliphatic carbocycles. The number of nitrogens with one attached hydrogen (secondary N) is 2. The molecule has 1 aliphatic rings. The standard InChI is InChI=1S/C15H22N2O2.ClH/c1-11-4-3-5-14(12(11)2)19-7-6-15(18)17-10-13-8-16-9-13;/h3-5,13,16H,6-10H2,1-2H3,(H,17,18);1H. The van der Waals surface area contributed by atoms with Crippen LogP contribution < -0.4 is 15.4 Å². The van der Waals surface area contributed by atoms with Gasteiger partial charge in [-0.25, -0.2) is 0 Å². The first-order valence-corrected chi connectivity index (χ1v) is 6.83. The van der Waals surface area contributed by atoms with Crippen LogP contribution in [0.4, 0.5) is 0 Å². The molecule has 0 aromatic heterocycles. The maximum Gasteiger partial charge on any atom is 0.223 e. The predicted molar refractivity (Wildman–Crippen MR) is 82.6 cm³/mol. The monoisotopic (exact) mass is 298 g/mol. The summed E-state index contributed by atoms with van der Waals surface area (Å²) in [7, 11) is 0. The molecule has 0 atom stereocenters. The second-order valence-electron chi connectivity index (χ2n) is 5.12. The first-order valence-electron chi connectivity index (χ1n) is 6.83. The number of hydrogen-bond donors (Lipinski definition) is 2. The lowest BCUT2D eigenvalue weighted by atomic mass is 10.0. The van der Waals surface area contributed by atoms with Crippen molar-refractivity contribution in [3.05, 3.63) is 29.3 Å². The van der Waals surface area contributed by atoms with Gasteiger partial charge in [0.2, 0.25) is 5.91 Å². The van der Waals surface area contributed by atoms with Crippen LogP contribution in [0.3, 0.4) is 0 Å². The number of benzene rings is 1. The Morgan fingerprint density at radius 1 is 1.40 bits per heavy atom. The topological polar surface area (TPSA) is 50.4 Å². The molecule has 1 aromatic rings. The lowest BCUT2D eigenvalue weighted by Gasteiger charge is -2.27. The molecule has 1 amide bonds. The Morgan fingerprint density at radius 2 is 2.15 bits per heavy atom. The van der Waals surface area contributed by atoms with E-state index in [0.29, 0.717) is 18.9 Å². The first-order chi connectivity index (χ1) is 9.16. The molecule has 1 aromatic carbocycles. The number of ether oxygens (including phenoxy) is 1. The van der Waals surface area contributed by atoms with Gasteiger partial charge in [-0.1, -0.05) is 12.1 Å². The normalized spacial score (nSPS) is 14.1. The van der Waals surface area contributed by atoms with Crippen molar-refractivity contribution in [3.8, 4) is 5.75 Å². The lowest BCUT2D eigenvalue weighted by molar-refractivity contribution is -0.121. The molecule has 5 heteroatoms. The molecule has 0 radical (unpaired) electrons. The average Bonchev–Trinajstić information content (AvgIpc) is 2.32. The summed E-state index contributed by atoms with van der Waals surface area (Å²) < 4.78 is 5.66. The number of carbonyl (C=O) groups is 1. The average molecular weight is 299 g/mol. The fourth-order valence-corrected chi connectivity index (χ4v) is 1.97. The molecule has 1 heterocycles. The van der Waals surface area contributed by atoms with Gasteiger partial charge < -0.3 is 15.4 Å². The van der Waals surface area contributed by atoms with Crippen LogP contribution >= 0.6 is 12.4 Å². The molecular weight excluding hydrogens is 276 g/mol. The fraction of sp³-hybridized carbons (Fsp3) is 0.533. The second-order valence-corrected chi connectivity index (χ2v) is 5.12. The van der Waals surface area contributed by atoms with Crippen molar-refractivity contribution >= 4 is 18.3 Å². The zero-order valence-electron chi connectivity index (χ0n) is 12.1. The molecule has 1 saturated heterocycles. The van der Waals surface area contributed by atoms with Crippen LogP contribution in [0.5, 0.6) is 5.75 Å². The van der Waals surface area contributed by atoms with Crippen molar-refractivity contribution in [3.63, 3.8) is 0 Å². The van der Waals surface area contributed by atoms with E-state index in [1.807, 2.05) is 19.1 Å². The Morgan fingerprint density at radius 3 is 2.80 bits per heavy atom. The summed E-state index contributed by atoms with van der Waals surface area (Å²) in [5.41, 5.74) is 2.35. The number of carbonyl (C=O) groups excluding carboxylic acids is 1. The van der Waals surface area contributed by atoms with Crippen molar-refractivity contribution < 1.29 is 9.53 Å². The van der Waals surface area contributed by atoms with Gasteiger partial charge in [-0.3, -0.25) is 4.79 Å². The van der Waals surface area contributed by atoms with Gasteiger partial charge in [0.1, 0.15) is 5.75 Å². The van der Waals surface area contributed by atoms with Gasteiger partial charge in [-0.05, 0) is 31.0 Å². The smallest absolute Gasteiger partial charge is 0.223 e. The highest BCUT2D eigenvalue weighted by atomic mass is 35.5. The number of amides is 1. The number of aryl methyl sites for hydroxylation is 1. The van der Waals surface area contributed by atoms with Crippen LogP contribution in [0, 0.1) is 19.8 Å². The third-order valence-corrected chi connectivity index (χ3v) is 3.60. The van der Waals surface area contributed by atoms with Gasteiger partial charge in [0.05, 0.1) is 13.0 Å². The highest BCUT2D eigenvalue weighted by Gasteiger charge is 2.16. The third kappa shape index (κ3) is 4.69. The van der Waals surface area contributed by atoms with Gasteiger partial charge in [-0.2, -0.15) is 0 Å². The van der Waals surface area contributed by atoms with E-state index in [1.165, 1.54) is 5.56 Å². The fourth-order valence-electron chi connectivity index (χ4n) is 1.97. The number of halogens is 1. The maximum atomic E-state index is 11.6. The Bertz CT molecular complexity index is 447. The van der Waals surface area contributed by atoms with Gasteiger partial charge in [0, 0.05) is 25.6 Å². The van der Waals surface area contributed by atoms with Crippen LogP contribution in [0.1, 0.15) is 17.5 Å². The second kappa shape index (κ2) is 8.12. The van der Waals surface area contributed by atoms with E-state index >= 15 is 0 Å². The summed E-state index contributed by atoms with van der Waals surface area (Å²) in [4.78, 5) is 11.6. The van der Waals surface area contributed by atoms with E-state index in [9.17, 15) is 4.79 Å². The molecule has 4 nitrogen and oxygen atoms in total. The molecule has 112 valence electrons. The first kappa shape index (κ1) is 16.8. The van der Waals surface area contributed by atoms with Gasteiger partial charge >= 0.3 is 0 Å². The molecule has 20 heavy (non-hydrogen) atoms. The van der Waals surface area contributed by atoms with Gasteiger partial charge in [0.15, 0.2) is 0 Å². The van der Waals surface area contributed by atoms with Gasteiger partial charge in [-0.15, -0.1) is 12.4 Å². The van der Waals surface area contributed by atoms with Gasteiger partial charge in [0.25, 0.3) is 0 Å².